The first-order valence-corrected chi connectivity index (χ1v) is 5.81. The fraction of sp³-hybridized carbons (Fsp3) is 0.909. The molecule has 4 nitrogen and oxygen atoms in total. The van der Waals surface area contributed by atoms with Crippen LogP contribution in [0.2, 0.25) is 0 Å². The van der Waals surface area contributed by atoms with Gasteiger partial charge in [-0.3, -0.25) is 9.69 Å². The molecular formula is C11H22N2O2. The molecule has 0 radical (unpaired) electrons. The van der Waals surface area contributed by atoms with Crippen LogP contribution in [0.5, 0.6) is 0 Å². The van der Waals surface area contributed by atoms with Crippen LogP contribution in [-0.2, 0) is 4.79 Å². The number of hydrogen-bond acceptors (Lipinski definition) is 3. The molecule has 0 saturated carbocycles. The van der Waals surface area contributed by atoms with Gasteiger partial charge in [-0.25, -0.2) is 0 Å². The van der Waals surface area contributed by atoms with E-state index in [-0.39, 0.29) is 24.6 Å². The second kappa shape index (κ2) is 6.08. The Morgan fingerprint density at radius 3 is 3.00 bits per heavy atom. The van der Waals surface area contributed by atoms with Crippen LogP contribution in [0.4, 0.5) is 0 Å². The molecule has 4 heteroatoms. The molecule has 1 aliphatic rings. The van der Waals surface area contributed by atoms with Crippen LogP contribution in [0.1, 0.15) is 33.1 Å². The highest BCUT2D eigenvalue weighted by molar-refractivity contribution is 5.78. The summed E-state index contributed by atoms with van der Waals surface area (Å²) in [6.45, 7) is 5.58. The Morgan fingerprint density at radius 1 is 1.67 bits per heavy atom. The Balaban J connectivity index is 2.30. The molecule has 0 bridgehead atoms. The topological polar surface area (TPSA) is 52.6 Å². The van der Waals surface area contributed by atoms with Crippen LogP contribution in [-0.4, -0.2) is 47.7 Å². The Bertz CT molecular complexity index is 209. The standard InChI is InChI=1S/C11H22N2O2/c1-3-9(2)12-11(15)7-13-6-4-5-10(13)8-14/h9-10,14H,3-8H2,1-2H3,(H,12,15)/t9?,10-/m1/s1. The summed E-state index contributed by atoms with van der Waals surface area (Å²) in [5.74, 6) is 0.0738. The number of likely N-dealkylation sites (tertiary alicyclic amines) is 1. The van der Waals surface area contributed by atoms with E-state index in [0.717, 1.165) is 25.8 Å². The monoisotopic (exact) mass is 214 g/mol. The lowest BCUT2D eigenvalue weighted by Crippen LogP contribution is -2.43. The minimum absolute atomic E-state index is 0.0738. The number of rotatable bonds is 5. The highest BCUT2D eigenvalue weighted by atomic mass is 16.3. The van der Waals surface area contributed by atoms with Crippen LogP contribution in [0.25, 0.3) is 0 Å². The second-order valence-corrected chi connectivity index (χ2v) is 4.33. The third kappa shape index (κ3) is 3.80. The van der Waals surface area contributed by atoms with Crippen LogP contribution >= 0.6 is 0 Å². The minimum Gasteiger partial charge on any atom is -0.395 e. The zero-order valence-electron chi connectivity index (χ0n) is 9.70. The number of amides is 1. The van der Waals surface area contributed by atoms with Gasteiger partial charge in [-0.1, -0.05) is 6.92 Å². The Morgan fingerprint density at radius 2 is 2.40 bits per heavy atom. The number of nitrogens with one attached hydrogen (secondary N) is 1. The number of hydrogen-bond donors (Lipinski definition) is 2. The maximum absolute atomic E-state index is 11.6. The molecule has 15 heavy (non-hydrogen) atoms. The number of aliphatic hydroxyl groups is 1. The fourth-order valence-electron chi connectivity index (χ4n) is 1.92. The first-order chi connectivity index (χ1) is 7.17. The SMILES string of the molecule is CCC(C)NC(=O)CN1CCC[C@@H]1CO. The average Bonchev–Trinajstić information content (AvgIpc) is 2.64. The van der Waals surface area contributed by atoms with E-state index in [9.17, 15) is 4.79 Å². The van der Waals surface area contributed by atoms with Gasteiger partial charge in [0, 0.05) is 12.1 Å². The summed E-state index contributed by atoms with van der Waals surface area (Å²) in [5, 5.41) is 12.0. The molecule has 1 unspecified atom stereocenters. The molecule has 0 aliphatic carbocycles. The van der Waals surface area contributed by atoms with Gasteiger partial charge in [0.15, 0.2) is 0 Å². The normalized spacial score (nSPS) is 24.1. The number of carbonyl (C=O) groups is 1. The van der Waals surface area contributed by atoms with E-state index in [0.29, 0.717) is 6.54 Å². The van der Waals surface area contributed by atoms with Gasteiger partial charge in [0.1, 0.15) is 0 Å². The first-order valence-electron chi connectivity index (χ1n) is 5.81. The number of nitrogens with zero attached hydrogens (tertiary/aromatic N) is 1. The molecule has 2 N–H and O–H groups in total. The van der Waals surface area contributed by atoms with Gasteiger partial charge >= 0.3 is 0 Å². The quantitative estimate of drug-likeness (QED) is 0.694. The second-order valence-electron chi connectivity index (χ2n) is 4.33. The van der Waals surface area contributed by atoms with Gasteiger partial charge in [-0.15, -0.1) is 0 Å². The summed E-state index contributed by atoms with van der Waals surface area (Å²) in [7, 11) is 0. The molecular weight excluding hydrogens is 192 g/mol. The van der Waals surface area contributed by atoms with E-state index in [4.69, 9.17) is 5.11 Å². The highest BCUT2D eigenvalue weighted by Crippen LogP contribution is 2.15. The summed E-state index contributed by atoms with van der Waals surface area (Å²) in [6.07, 6.45) is 3.05. The molecule has 1 heterocycles. The lowest BCUT2D eigenvalue weighted by molar-refractivity contribution is -0.123. The first kappa shape index (κ1) is 12.5. The summed E-state index contributed by atoms with van der Waals surface area (Å²) in [4.78, 5) is 13.7. The van der Waals surface area contributed by atoms with Crippen molar-refractivity contribution in [3.63, 3.8) is 0 Å². The lowest BCUT2D eigenvalue weighted by Gasteiger charge is -2.22. The van der Waals surface area contributed by atoms with Crippen molar-refractivity contribution >= 4 is 5.91 Å². The van der Waals surface area contributed by atoms with Crippen LogP contribution in [0.15, 0.2) is 0 Å². The Kier molecular flexibility index (Phi) is 5.05. The maximum atomic E-state index is 11.6. The molecule has 2 atom stereocenters. The van der Waals surface area contributed by atoms with E-state index >= 15 is 0 Å². The molecule has 1 fully saturated rings. The van der Waals surface area contributed by atoms with Crippen LogP contribution in [0.3, 0.4) is 0 Å². The zero-order chi connectivity index (χ0) is 11.3. The van der Waals surface area contributed by atoms with Crippen molar-refractivity contribution in [1.29, 1.82) is 0 Å². The fourth-order valence-corrected chi connectivity index (χ4v) is 1.92. The third-order valence-corrected chi connectivity index (χ3v) is 3.08. The average molecular weight is 214 g/mol. The van der Waals surface area contributed by atoms with Gasteiger partial charge in [0.25, 0.3) is 0 Å². The van der Waals surface area contributed by atoms with E-state index in [1.165, 1.54) is 0 Å². The minimum atomic E-state index is 0.0738. The summed E-state index contributed by atoms with van der Waals surface area (Å²) < 4.78 is 0. The molecule has 1 saturated heterocycles. The van der Waals surface area contributed by atoms with E-state index in [2.05, 4.69) is 17.1 Å². The summed E-state index contributed by atoms with van der Waals surface area (Å²) >= 11 is 0. The van der Waals surface area contributed by atoms with Crippen molar-refractivity contribution in [2.24, 2.45) is 0 Å². The van der Waals surface area contributed by atoms with Gasteiger partial charge in [-0.05, 0) is 32.7 Å². The van der Waals surface area contributed by atoms with Crippen molar-refractivity contribution in [3.05, 3.63) is 0 Å². The predicted octanol–water partition coefficient (Wildman–Crippen LogP) is 0.358. The molecule has 0 aromatic carbocycles. The molecule has 1 aliphatic heterocycles. The Hall–Kier alpha value is -0.610. The molecule has 1 amide bonds. The van der Waals surface area contributed by atoms with Gasteiger partial charge < -0.3 is 10.4 Å². The van der Waals surface area contributed by atoms with Gasteiger partial charge in [0.2, 0.25) is 5.91 Å². The molecule has 0 aromatic rings. The van der Waals surface area contributed by atoms with Crippen molar-refractivity contribution in [3.8, 4) is 0 Å². The number of carbonyl (C=O) groups excluding carboxylic acids is 1. The van der Waals surface area contributed by atoms with Crippen molar-refractivity contribution in [1.82, 2.24) is 10.2 Å². The lowest BCUT2D eigenvalue weighted by atomic mass is 10.2. The van der Waals surface area contributed by atoms with Crippen LogP contribution < -0.4 is 5.32 Å². The van der Waals surface area contributed by atoms with E-state index in [1.807, 2.05) is 6.92 Å². The largest absolute Gasteiger partial charge is 0.395 e. The van der Waals surface area contributed by atoms with Crippen molar-refractivity contribution in [2.75, 3.05) is 19.7 Å². The van der Waals surface area contributed by atoms with E-state index in [1.54, 1.807) is 0 Å². The maximum Gasteiger partial charge on any atom is 0.234 e. The van der Waals surface area contributed by atoms with Crippen LogP contribution in [0, 0.1) is 0 Å². The molecule has 0 spiro atoms. The number of aliphatic hydroxyl groups excluding tert-OH is 1. The Labute approximate surface area is 91.6 Å². The third-order valence-electron chi connectivity index (χ3n) is 3.08. The smallest absolute Gasteiger partial charge is 0.234 e. The highest BCUT2D eigenvalue weighted by Gasteiger charge is 2.25. The molecule has 0 aromatic heterocycles. The van der Waals surface area contributed by atoms with Gasteiger partial charge in [0.05, 0.1) is 13.2 Å². The summed E-state index contributed by atoms with van der Waals surface area (Å²) in [6, 6.07) is 0.431. The predicted molar refractivity (Wildman–Crippen MR) is 59.6 cm³/mol. The van der Waals surface area contributed by atoms with E-state index < -0.39 is 0 Å². The van der Waals surface area contributed by atoms with Crippen molar-refractivity contribution in [2.45, 2.75) is 45.2 Å². The molecule has 88 valence electrons. The van der Waals surface area contributed by atoms with Gasteiger partial charge in [-0.2, -0.15) is 0 Å². The molecule has 1 rings (SSSR count). The zero-order valence-corrected chi connectivity index (χ0v) is 9.70. The van der Waals surface area contributed by atoms with Crippen molar-refractivity contribution < 1.29 is 9.90 Å². The summed E-state index contributed by atoms with van der Waals surface area (Å²) in [5.41, 5.74) is 0.